The van der Waals surface area contributed by atoms with Crippen molar-refractivity contribution in [3.05, 3.63) is 41.4 Å². The molecule has 4 nitrogen and oxygen atoms in total. The van der Waals surface area contributed by atoms with E-state index in [1.807, 2.05) is 30.7 Å². The number of nitrogens with one attached hydrogen (secondary N) is 1. The van der Waals surface area contributed by atoms with E-state index in [2.05, 4.69) is 30.8 Å². The van der Waals surface area contributed by atoms with Gasteiger partial charge in [0.25, 0.3) is 0 Å². The minimum Gasteiger partial charge on any atom is -0.397 e. The Morgan fingerprint density at radius 1 is 1.41 bits per heavy atom. The molecule has 3 N–H and O–H groups in total. The van der Waals surface area contributed by atoms with Crippen molar-refractivity contribution in [2.24, 2.45) is 0 Å². The van der Waals surface area contributed by atoms with Gasteiger partial charge in [-0.2, -0.15) is 0 Å². The first-order chi connectivity index (χ1) is 8.25. The number of rotatable bonds is 5. The molecule has 1 heterocycles. The first-order valence-corrected chi connectivity index (χ1v) is 6.29. The molecule has 0 bridgehead atoms. The third kappa shape index (κ3) is 3.49. The Labute approximate surface area is 109 Å². The summed E-state index contributed by atoms with van der Waals surface area (Å²) in [6.07, 6.45) is 6.61. The zero-order valence-electron chi connectivity index (χ0n) is 9.44. The molecule has 0 spiro atoms. The first-order valence-electron chi connectivity index (χ1n) is 5.50. The quantitative estimate of drug-likeness (QED) is 0.658. The second kappa shape index (κ2) is 5.72. The summed E-state index contributed by atoms with van der Waals surface area (Å²) < 4.78 is 3.09. The monoisotopic (exact) mass is 294 g/mol. The van der Waals surface area contributed by atoms with E-state index >= 15 is 0 Å². The van der Waals surface area contributed by atoms with E-state index in [9.17, 15) is 0 Å². The molecule has 5 heteroatoms. The molecule has 2 rings (SSSR count). The Morgan fingerprint density at radius 2 is 2.29 bits per heavy atom. The van der Waals surface area contributed by atoms with Crippen molar-refractivity contribution in [3.8, 4) is 0 Å². The van der Waals surface area contributed by atoms with Crippen molar-refractivity contribution in [1.29, 1.82) is 0 Å². The van der Waals surface area contributed by atoms with Crippen molar-refractivity contribution >= 4 is 27.3 Å². The Balaban J connectivity index is 1.80. The molecule has 0 fully saturated rings. The lowest BCUT2D eigenvalue weighted by Crippen LogP contribution is -2.07. The number of imidazole rings is 1. The molecule has 17 heavy (non-hydrogen) atoms. The molecule has 1 aromatic carbocycles. The zero-order valence-corrected chi connectivity index (χ0v) is 11.0. The lowest BCUT2D eigenvalue weighted by atomic mass is 10.2. The number of nitrogens with zero attached hydrogens (tertiary/aromatic N) is 2. The number of halogens is 1. The van der Waals surface area contributed by atoms with Crippen molar-refractivity contribution in [2.75, 3.05) is 17.6 Å². The second-order valence-electron chi connectivity index (χ2n) is 3.81. The standard InChI is InChI=1S/C12H15BrN4/c13-10-2-3-11(14)12(8-10)16-4-1-6-17-7-5-15-9-17/h2-3,5,7-9,16H,1,4,6,14H2. The van der Waals surface area contributed by atoms with Gasteiger partial charge in [-0.05, 0) is 24.6 Å². The van der Waals surface area contributed by atoms with E-state index in [1.54, 1.807) is 6.20 Å². The zero-order chi connectivity index (χ0) is 12.1. The minimum atomic E-state index is 0.774. The molecule has 0 saturated heterocycles. The van der Waals surface area contributed by atoms with Crippen LogP contribution in [-0.2, 0) is 6.54 Å². The van der Waals surface area contributed by atoms with E-state index in [0.29, 0.717) is 0 Å². The highest BCUT2D eigenvalue weighted by molar-refractivity contribution is 9.10. The predicted molar refractivity (Wildman–Crippen MR) is 73.9 cm³/mol. The number of nitrogens with two attached hydrogens (primary N) is 1. The Bertz CT molecular complexity index is 467. The van der Waals surface area contributed by atoms with Crippen LogP contribution in [0.25, 0.3) is 0 Å². The lowest BCUT2D eigenvalue weighted by Gasteiger charge is -2.09. The van der Waals surface area contributed by atoms with Gasteiger partial charge in [0, 0.05) is 30.0 Å². The summed E-state index contributed by atoms with van der Waals surface area (Å²) in [7, 11) is 0. The summed E-state index contributed by atoms with van der Waals surface area (Å²) in [5.41, 5.74) is 7.62. The molecule has 1 aromatic heterocycles. The van der Waals surface area contributed by atoms with Gasteiger partial charge in [0.2, 0.25) is 0 Å². The maximum absolute atomic E-state index is 5.87. The average Bonchev–Trinajstić information content (AvgIpc) is 2.82. The van der Waals surface area contributed by atoms with Crippen molar-refractivity contribution in [3.63, 3.8) is 0 Å². The summed E-state index contributed by atoms with van der Waals surface area (Å²) in [6.45, 7) is 1.85. The highest BCUT2D eigenvalue weighted by Crippen LogP contribution is 2.23. The number of aryl methyl sites for hydroxylation is 1. The van der Waals surface area contributed by atoms with Crippen molar-refractivity contribution < 1.29 is 0 Å². The average molecular weight is 295 g/mol. The summed E-state index contributed by atoms with van der Waals surface area (Å²) in [5, 5.41) is 3.33. The van der Waals surface area contributed by atoms with E-state index in [1.165, 1.54) is 0 Å². The smallest absolute Gasteiger partial charge is 0.0945 e. The highest BCUT2D eigenvalue weighted by atomic mass is 79.9. The number of nitrogen functional groups attached to an aromatic ring is 1. The Kier molecular flexibility index (Phi) is 4.03. The van der Waals surface area contributed by atoms with Crippen LogP contribution in [0.2, 0.25) is 0 Å². The maximum Gasteiger partial charge on any atom is 0.0945 e. The van der Waals surface area contributed by atoms with Crippen LogP contribution < -0.4 is 11.1 Å². The van der Waals surface area contributed by atoms with Gasteiger partial charge in [0.05, 0.1) is 17.7 Å². The third-order valence-corrected chi connectivity index (χ3v) is 2.98. The van der Waals surface area contributed by atoms with Crippen LogP contribution in [-0.4, -0.2) is 16.1 Å². The molecule has 0 aliphatic heterocycles. The molecular formula is C12H15BrN4. The van der Waals surface area contributed by atoms with Crippen LogP contribution in [0.4, 0.5) is 11.4 Å². The van der Waals surface area contributed by atoms with Crippen LogP contribution in [0, 0.1) is 0 Å². The van der Waals surface area contributed by atoms with Crippen LogP contribution in [0.5, 0.6) is 0 Å². The second-order valence-corrected chi connectivity index (χ2v) is 4.73. The van der Waals surface area contributed by atoms with Gasteiger partial charge < -0.3 is 15.6 Å². The van der Waals surface area contributed by atoms with Gasteiger partial charge in [-0.1, -0.05) is 15.9 Å². The first kappa shape index (κ1) is 12.0. The summed E-state index contributed by atoms with van der Waals surface area (Å²) >= 11 is 3.43. The predicted octanol–water partition coefficient (Wildman–Crippen LogP) is 2.73. The van der Waals surface area contributed by atoms with Gasteiger partial charge in [-0.15, -0.1) is 0 Å². The fraction of sp³-hybridized carbons (Fsp3) is 0.250. The molecule has 0 radical (unpaired) electrons. The molecule has 0 aliphatic carbocycles. The number of benzene rings is 1. The lowest BCUT2D eigenvalue weighted by molar-refractivity contribution is 0.661. The van der Waals surface area contributed by atoms with E-state index < -0.39 is 0 Å². The van der Waals surface area contributed by atoms with Crippen LogP contribution in [0.15, 0.2) is 41.4 Å². The summed E-state index contributed by atoms with van der Waals surface area (Å²) in [4.78, 5) is 4.00. The molecule has 2 aromatic rings. The van der Waals surface area contributed by atoms with E-state index in [4.69, 9.17) is 5.73 Å². The number of anilines is 2. The summed E-state index contributed by atoms with van der Waals surface area (Å²) in [5.74, 6) is 0. The van der Waals surface area contributed by atoms with Gasteiger partial charge in [0.15, 0.2) is 0 Å². The van der Waals surface area contributed by atoms with Gasteiger partial charge in [-0.25, -0.2) is 4.98 Å². The van der Waals surface area contributed by atoms with Crippen LogP contribution in [0.1, 0.15) is 6.42 Å². The largest absolute Gasteiger partial charge is 0.397 e. The number of hydrogen-bond acceptors (Lipinski definition) is 3. The summed E-state index contributed by atoms with van der Waals surface area (Å²) in [6, 6.07) is 5.82. The van der Waals surface area contributed by atoms with Crippen LogP contribution in [0.3, 0.4) is 0 Å². The molecule has 0 aliphatic rings. The van der Waals surface area contributed by atoms with Gasteiger partial charge >= 0.3 is 0 Å². The van der Waals surface area contributed by atoms with E-state index in [-0.39, 0.29) is 0 Å². The number of hydrogen-bond donors (Lipinski definition) is 2. The fourth-order valence-electron chi connectivity index (χ4n) is 1.59. The Hall–Kier alpha value is -1.49. The SMILES string of the molecule is Nc1ccc(Br)cc1NCCCn1ccnc1. The topological polar surface area (TPSA) is 55.9 Å². The van der Waals surface area contributed by atoms with E-state index in [0.717, 1.165) is 35.4 Å². The number of aromatic nitrogens is 2. The third-order valence-electron chi connectivity index (χ3n) is 2.48. The van der Waals surface area contributed by atoms with Crippen molar-refractivity contribution in [2.45, 2.75) is 13.0 Å². The Morgan fingerprint density at radius 3 is 3.06 bits per heavy atom. The molecule has 90 valence electrons. The normalized spacial score (nSPS) is 10.4. The van der Waals surface area contributed by atoms with Gasteiger partial charge in [-0.3, -0.25) is 0 Å². The van der Waals surface area contributed by atoms with Crippen molar-refractivity contribution in [1.82, 2.24) is 9.55 Å². The molecule has 0 unspecified atom stereocenters. The maximum atomic E-state index is 5.87. The van der Waals surface area contributed by atoms with Crippen LogP contribution >= 0.6 is 15.9 Å². The molecule has 0 saturated carbocycles. The van der Waals surface area contributed by atoms with Gasteiger partial charge in [0.1, 0.15) is 0 Å². The highest BCUT2D eigenvalue weighted by Gasteiger charge is 1.99. The molecule has 0 atom stereocenters. The molecular weight excluding hydrogens is 280 g/mol. The molecule has 0 amide bonds. The fourth-order valence-corrected chi connectivity index (χ4v) is 1.95. The minimum absolute atomic E-state index is 0.774.